The molecule has 0 bridgehead atoms. The number of carbonyl (C=O) groups excluding carboxylic acids is 2. The van der Waals surface area contributed by atoms with Gasteiger partial charge in [-0.15, -0.1) is 0 Å². The van der Waals surface area contributed by atoms with E-state index in [0.717, 1.165) is 0 Å². The lowest BCUT2D eigenvalue weighted by Crippen LogP contribution is -2.33. The minimum Gasteiger partial charge on any atom is -0.493 e. The van der Waals surface area contributed by atoms with Crippen molar-refractivity contribution < 1.29 is 28.5 Å². The molecule has 0 aromatic heterocycles. The first kappa shape index (κ1) is 21.2. The van der Waals surface area contributed by atoms with E-state index in [1.807, 2.05) is 13.8 Å². The third-order valence-electron chi connectivity index (χ3n) is 5.14. The minimum atomic E-state index is -0.739. The molecular weight excluding hydrogens is 388 g/mol. The number of carbonyl (C=O) groups is 2. The predicted octanol–water partition coefficient (Wildman–Crippen LogP) is 3.08. The van der Waals surface area contributed by atoms with Crippen molar-refractivity contribution in [2.24, 2.45) is 11.1 Å². The number of ketones is 1. The van der Waals surface area contributed by atoms with E-state index < -0.39 is 11.9 Å². The fourth-order valence-corrected chi connectivity index (χ4v) is 3.93. The van der Waals surface area contributed by atoms with Gasteiger partial charge in [-0.05, 0) is 23.1 Å². The zero-order chi connectivity index (χ0) is 22.2. The van der Waals surface area contributed by atoms with Crippen LogP contribution in [0, 0.1) is 16.7 Å². The molecule has 30 heavy (non-hydrogen) atoms. The first-order chi connectivity index (χ1) is 14.1. The van der Waals surface area contributed by atoms with Gasteiger partial charge in [0.25, 0.3) is 0 Å². The second kappa shape index (κ2) is 7.75. The molecule has 0 fully saturated rings. The average molecular weight is 412 g/mol. The van der Waals surface area contributed by atoms with Gasteiger partial charge in [0.05, 0.1) is 20.1 Å². The lowest BCUT2D eigenvalue weighted by atomic mass is 9.70. The molecule has 1 atom stereocenters. The molecule has 3 rings (SSSR count). The third-order valence-corrected chi connectivity index (χ3v) is 5.14. The molecule has 1 aliphatic heterocycles. The number of allylic oxidation sites excluding steroid dienone is 3. The van der Waals surface area contributed by atoms with Crippen molar-refractivity contribution in [2.75, 3.05) is 14.2 Å². The monoisotopic (exact) mass is 412 g/mol. The summed E-state index contributed by atoms with van der Waals surface area (Å²) in [5.41, 5.74) is 6.86. The van der Waals surface area contributed by atoms with Crippen LogP contribution in [-0.2, 0) is 14.3 Å². The van der Waals surface area contributed by atoms with Gasteiger partial charge in [-0.3, -0.25) is 9.59 Å². The molecule has 1 unspecified atom stereocenters. The van der Waals surface area contributed by atoms with Crippen molar-refractivity contribution in [2.45, 2.75) is 39.5 Å². The quantitative estimate of drug-likeness (QED) is 0.592. The van der Waals surface area contributed by atoms with Crippen LogP contribution >= 0.6 is 0 Å². The molecule has 0 spiro atoms. The molecule has 8 heteroatoms. The number of Topliss-reactive ketones (excluding diaryl/α,β-unsaturated/α-hetero) is 1. The molecule has 158 valence electrons. The summed E-state index contributed by atoms with van der Waals surface area (Å²) in [5.74, 6) is -0.371. The van der Waals surface area contributed by atoms with Crippen LogP contribution in [0.1, 0.15) is 45.1 Å². The van der Waals surface area contributed by atoms with Crippen LogP contribution in [0.4, 0.5) is 0 Å². The van der Waals surface area contributed by atoms with Crippen LogP contribution in [0.25, 0.3) is 0 Å². The highest BCUT2D eigenvalue weighted by atomic mass is 16.6. The summed E-state index contributed by atoms with van der Waals surface area (Å²) in [5, 5.41) is 9.77. The van der Waals surface area contributed by atoms with Gasteiger partial charge < -0.3 is 24.7 Å². The van der Waals surface area contributed by atoms with Gasteiger partial charge in [-0.25, -0.2) is 0 Å². The molecular formula is C22H24N2O6. The van der Waals surface area contributed by atoms with Crippen molar-refractivity contribution >= 4 is 11.8 Å². The van der Waals surface area contributed by atoms with Crippen molar-refractivity contribution in [3.8, 4) is 23.3 Å². The van der Waals surface area contributed by atoms with Crippen LogP contribution in [0.15, 0.2) is 34.9 Å². The SMILES string of the molecule is COc1cc(C2C(C#N)=C(N)OC3=C2C(=O)CC(C)(C)C3)cc(OC)c1OC(C)=O. The highest BCUT2D eigenvalue weighted by Gasteiger charge is 2.43. The molecule has 1 aromatic carbocycles. The summed E-state index contributed by atoms with van der Waals surface area (Å²) < 4.78 is 21.7. The highest BCUT2D eigenvalue weighted by Crippen LogP contribution is 2.50. The summed E-state index contributed by atoms with van der Waals surface area (Å²) in [6, 6.07) is 5.29. The molecule has 2 aliphatic rings. The van der Waals surface area contributed by atoms with Crippen LogP contribution in [0.3, 0.4) is 0 Å². The Morgan fingerprint density at radius 3 is 2.33 bits per heavy atom. The molecule has 0 saturated heterocycles. The van der Waals surface area contributed by atoms with Gasteiger partial charge in [0.1, 0.15) is 17.4 Å². The predicted molar refractivity (Wildman–Crippen MR) is 107 cm³/mol. The molecule has 1 heterocycles. The number of ether oxygens (including phenoxy) is 4. The standard InChI is InChI=1S/C22H24N2O6/c1-11(25)29-20-15(27-4)6-12(7-16(20)28-5)18-13(10-23)21(24)30-17-9-22(2,3)8-14(26)19(17)18/h6-7,18H,8-9,24H2,1-5H3. The first-order valence-corrected chi connectivity index (χ1v) is 9.40. The van der Waals surface area contributed by atoms with E-state index in [2.05, 4.69) is 6.07 Å². The van der Waals surface area contributed by atoms with E-state index in [-0.39, 0.29) is 39.9 Å². The number of benzene rings is 1. The third kappa shape index (κ3) is 3.71. The number of methoxy groups -OCH3 is 2. The maximum Gasteiger partial charge on any atom is 0.308 e. The van der Waals surface area contributed by atoms with E-state index >= 15 is 0 Å². The van der Waals surface area contributed by atoms with Crippen molar-refractivity contribution in [1.29, 1.82) is 5.26 Å². The Morgan fingerprint density at radius 1 is 1.23 bits per heavy atom. The van der Waals surface area contributed by atoms with E-state index in [0.29, 0.717) is 29.7 Å². The van der Waals surface area contributed by atoms with Crippen LogP contribution in [-0.4, -0.2) is 26.0 Å². The molecule has 1 aromatic rings. The fourth-order valence-electron chi connectivity index (χ4n) is 3.93. The number of hydrogen-bond donors (Lipinski definition) is 1. The Hall–Kier alpha value is -3.47. The zero-order valence-electron chi connectivity index (χ0n) is 17.6. The molecule has 2 N–H and O–H groups in total. The summed E-state index contributed by atoms with van der Waals surface area (Å²) in [6.07, 6.45) is 0.841. The van der Waals surface area contributed by atoms with Crippen molar-refractivity contribution in [1.82, 2.24) is 0 Å². The van der Waals surface area contributed by atoms with Crippen molar-refractivity contribution in [3.05, 3.63) is 40.5 Å². The second-order valence-corrected chi connectivity index (χ2v) is 8.05. The van der Waals surface area contributed by atoms with E-state index in [4.69, 9.17) is 24.7 Å². The highest BCUT2D eigenvalue weighted by molar-refractivity contribution is 6.00. The van der Waals surface area contributed by atoms with Gasteiger partial charge in [-0.2, -0.15) is 5.26 Å². The molecule has 0 amide bonds. The lowest BCUT2D eigenvalue weighted by molar-refractivity contribution is -0.132. The topological polar surface area (TPSA) is 121 Å². The molecule has 8 nitrogen and oxygen atoms in total. The second-order valence-electron chi connectivity index (χ2n) is 8.05. The Balaban J connectivity index is 2.24. The van der Waals surface area contributed by atoms with E-state index in [1.54, 1.807) is 12.1 Å². The Labute approximate surface area is 174 Å². The number of nitrogens with two attached hydrogens (primary N) is 1. The summed E-state index contributed by atoms with van der Waals surface area (Å²) >= 11 is 0. The number of nitriles is 1. The number of esters is 1. The minimum absolute atomic E-state index is 0.0336. The number of nitrogens with zero attached hydrogens (tertiary/aromatic N) is 1. The average Bonchev–Trinajstić information content (AvgIpc) is 2.65. The largest absolute Gasteiger partial charge is 0.493 e. The first-order valence-electron chi connectivity index (χ1n) is 9.40. The Bertz CT molecular complexity index is 1000. The van der Waals surface area contributed by atoms with Crippen LogP contribution in [0.2, 0.25) is 0 Å². The van der Waals surface area contributed by atoms with Gasteiger partial charge in [0.2, 0.25) is 11.6 Å². The summed E-state index contributed by atoms with van der Waals surface area (Å²) in [7, 11) is 2.84. The maximum atomic E-state index is 13.1. The van der Waals surface area contributed by atoms with Crippen LogP contribution < -0.4 is 19.9 Å². The zero-order valence-corrected chi connectivity index (χ0v) is 17.6. The Kier molecular flexibility index (Phi) is 5.49. The molecule has 1 aliphatic carbocycles. The smallest absolute Gasteiger partial charge is 0.308 e. The summed E-state index contributed by atoms with van der Waals surface area (Å²) in [4.78, 5) is 24.6. The Morgan fingerprint density at radius 2 is 1.83 bits per heavy atom. The van der Waals surface area contributed by atoms with Gasteiger partial charge in [0.15, 0.2) is 17.3 Å². The molecule has 0 saturated carbocycles. The maximum absolute atomic E-state index is 13.1. The molecule has 0 radical (unpaired) electrons. The van der Waals surface area contributed by atoms with Gasteiger partial charge >= 0.3 is 5.97 Å². The van der Waals surface area contributed by atoms with Crippen LogP contribution in [0.5, 0.6) is 17.2 Å². The van der Waals surface area contributed by atoms with E-state index in [9.17, 15) is 14.9 Å². The number of hydrogen-bond acceptors (Lipinski definition) is 8. The lowest BCUT2D eigenvalue weighted by Gasteiger charge is -2.37. The fraction of sp³-hybridized carbons (Fsp3) is 0.409. The summed E-state index contributed by atoms with van der Waals surface area (Å²) in [6.45, 7) is 5.22. The van der Waals surface area contributed by atoms with E-state index in [1.165, 1.54) is 21.1 Å². The van der Waals surface area contributed by atoms with Crippen molar-refractivity contribution in [3.63, 3.8) is 0 Å². The number of rotatable bonds is 4. The normalized spacial score (nSPS) is 20.1. The van der Waals surface area contributed by atoms with Gasteiger partial charge in [-0.1, -0.05) is 13.8 Å². The van der Waals surface area contributed by atoms with Gasteiger partial charge in [0, 0.05) is 25.3 Å².